The highest BCUT2D eigenvalue weighted by Crippen LogP contribution is 2.27. The SMILES string of the molecule is C=C(C#CCN(CC=C1CC1)S(=O)(=O)c1ccc(C)cc1)c1ccc(Br)cc1. The summed E-state index contributed by atoms with van der Waals surface area (Å²) in [5.41, 5.74) is 3.91. The van der Waals surface area contributed by atoms with Gasteiger partial charge in [0, 0.05) is 16.6 Å². The molecule has 0 saturated heterocycles. The number of halogens is 1. The van der Waals surface area contributed by atoms with E-state index in [9.17, 15) is 8.42 Å². The minimum absolute atomic E-state index is 0.121. The molecule has 144 valence electrons. The zero-order valence-electron chi connectivity index (χ0n) is 15.8. The number of nitrogens with zero attached hydrogens (tertiary/aromatic N) is 1. The molecule has 5 heteroatoms. The molecule has 0 bridgehead atoms. The molecule has 1 saturated carbocycles. The van der Waals surface area contributed by atoms with Gasteiger partial charge in [-0.3, -0.25) is 0 Å². The number of sulfonamides is 1. The number of aryl methyl sites for hydroxylation is 1. The lowest BCUT2D eigenvalue weighted by Gasteiger charge is -2.18. The summed E-state index contributed by atoms with van der Waals surface area (Å²) in [6.07, 6.45) is 4.12. The van der Waals surface area contributed by atoms with Crippen LogP contribution in [0.25, 0.3) is 5.57 Å². The Morgan fingerprint density at radius 1 is 1.14 bits per heavy atom. The van der Waals surface area contributed by atoms with E-state index in [1.54, 1.807) is 12.1 Å². The predicted molar refractivity (Wildman–Crippen MR) is 118 cm³/mol. The second kappa shape index (κ2) is 8.91. The first kappa shape index (κ1) is 20.6. The van der Waals surface area contributed by atoms with Gasteiger partial charge in [-0.1, -0.05) is 75.8 Å². The highest BCUT2D eigenvalue weighted by Gasteiger charge is 2.23. The molecule has 0 amide bonds. The molecule has 0 spiro atoms. The Labute approximate surface area is 176 Å². The van der Waals surface area contributed by atoms with E-state index < -0.39 is 10.0 Å². The molecular formula is C23H22BrNO2S. The highest BCUT2D eigenvalue weighted by atomic mass is 79.9. The summed E-state index contributed by atoms with van der Waals surface area (Å²) < 4.78 is 28.5. The molecule has 2 aromatic carbocycles. The monoisotopic (exact) mass is 455 g/mol. The van der Waals surface area contributed by atoms with Crippen molar-refractivity contribution in [2.45, 2.75) is 24.7 Å². The van der Waals surface area contributed by atoms with E-state index in [4.69, 9.17) is 0 Å². The standard InChI is InChI=1S/C23H22BrNO2S/c1-18-5-13-23(14-6-18)28(26,27)25(17-15-20-7-8-20)16-3-4-19(2)21-9-11-22(24)12-10-21/h5-6,9-15H,2,7-8,16-17H2,1H3. The van der Waals surface area contributed by atoms with Gasteiger partial charge in [-0.25, -0.2) is 8.42 Å². The van der Waals surface area contributed by atoms with E-state index in [1.807, 2.05) is 49.4 Å². The van der Waals surface area contributed by atoms with Gasteiger partial charge < -0.3 is 0 Å². The molecule has 28 heavy (non-hydrogen) atoms. The summed E-state index contributed by atoms with van der Waals surface area (Å²) in [7, 11) is -3.60. The maximum Gasteiger partial charge on any atom is 0.244 e. The van der Waals surface area contributed by atoms with E-state index in [-0.39, 0.29) is 6.54 Å². The fourth-order valence-electron chi connectivity index (χ4n) is 2.57. The third kappa shape index (κ3) is 5.45. The summed E-state index contributed by atoms with van der Waals surface area (Å²) in [5.74, 6) is 5.98. The summed E-state index contributed by atoms with van der Waals surface area (Å²) in [6, 6.07) is 14.6. The minimum atomic E-state index is -3.60. The van der Waals surface area contributed by atoms with Crippen molar-refractivity contribution >= 4 is 31.5 Å². The fraction of sp³-hybridized carbons (Fsp3) is 0.217. The second-order valence-electron chi connectivity index (χ2n) is 6.76. The van der Waals surface area contributed by atoms with E-state index in [2.05, 4.69) is 34.3 Å². The Balaban J connectivity index is 1.79. The third-order valence-electron chi connectivity index (χ3n) is 4.47. The van der Waals surface area contributed by atoms with Gasteiger partial charge in [-0.05, 0) is 49.6 Å². The molecule has 1 fully saturated rings. The van der Waals surface area contributed by atoms with E-state index in [1.165, 1.54) is 9.88 Å². The predicted octanol–water partition coefficient (Wildman–Crippen LogP) is 5.19. The maximum absolute atomic E-state index is 13.1. The van der Waals surface area contributed by atoms with Crippen LogP contribution in [0.15, 0.2) is 76.1 Å². The Morgan fingerprint density at radius 2 is 1.79 bits per heavy atom. The van der Waals surface area contributed by atoms with Gasteiger partial charge in [0.15, 0.2) is 0 Å². The quantitative estimate of drug-likeness (QED) is 0.444. The first-order valence-electron chi connectivity index (χ1n) is 9.05. The van der Waals surface area contributed by atoms with Crippen LogP contribution >= 0.6 is 15.9 Å². The summed E-state index contributed by atoms with van der Waals surface area (Å²) in [6.45, 7) is 6.39. The lowest BCUT2D eigenvalue weighted by Crippen LogP contribution is -2.31. The minimum Gasteiger partial charge on any atom is -0.207 e. The Kier molecular flexibility index (Phi) is 6.56. The fourth-order valence-corrected chi connectivity index (χ4v) is 4.12. The summed E-state index contributed by atoms with van der Waals surface area (Å²) >= 11 is 3.40. The summed E-state index contributed by atoms with van der Waals surface area (Å²) in [5, 5.41) is 0. The molecule has 2 aromatic rings. The van der Waals surface area contributed by atoms with E-state index in [0.29, 0.717) is 17.0 Å². The third-order valence-corrected chi connectivity index (χ3v) is 6.82. The van der Waals surface area contributed by atoms with Crippen LogP contribution in [-0.2, 0) is 10.0 Å². The lowest BCUT2D eigenvalue weighted by molar-refractivity contribution is 0.478. The topological polar surface area (TPSA) is 37.4 Å². The second-order valence-corrected chi connectivity index (χ2v) is 9.61. The Morgan fingerprint density at radius 3 is 2.39 bits per heavy atom. The molecule has 3 nitrogen and oxygen atoms in total. The average molecular weight is 456 g/mol. The molecule has 0 radical (unpaired) electrons. The van der Waals surface area contributed by atoms with E-state index in [0.717, 1.165) is 28.4 Å². The van der Waals surface area contributed by atoms with Crippen molar-refractivity contribution in [2.24, 2.45) is 0 Å². The first-order chi connectivity index (χ1) is 13.4. The zero-order chi connectivity index (χ0) is 20.1. The van der Waals surface area contributed by atoms with Crippen molar-refractivity contribution in [1.29, 1.82) is 0 Å². The highest BCUT2D eigenvalue weighted by molar-refractivity contribution is 9.10. The number of allylic oxidation sites excluding steroid dienone is 2. The van der Waals surface area contributed by atoms with Crippen LogP contribution in [0.5, 0.6) is 0 Å². The van der Waals surface area contributed by atoms with Gasteiger partial charge in [-0.2, -0.15) is 4.31 Å². The van der Waals surface area contributed by atoms with Crippen molar-refractivity contribution in [3.63, 3.8) is 0 Å². The molecule has 1 aliphatic rings. The molecule has 3 rings (SSSR count). The number of hydrogen-bond donors (Lipinski definition) is 0. The normalized spacial score (nSPS) is 13.0. The largest absolute Gasteiger partial charge is 0.244 e. The van der Waals surface area contributed by atoms with Gasteiger partial charge >= 0.3 is 0 Å². The van der Waals surface area contributed by atoms with Gasteiger partial charge in [0.1, 0.15) is 0 Å². The van der Waals surface area contributed by atoms with Gasteiger partial charge in [0.2, 0.25) is 10.0 Å². The van der Waals surface area contributed by atoms with Crippen molar-refractivity contribution < 1.29 is 8.42 Å². The zero-order valence-corrected chi connectivity index (χ0v) is 18.2. The van der Waals surface area contributed by atoms with Crippen LogP contribution in [0.1, 0.15) is 24.0 Å². The van der Waals surface area contributed by atoms with Crippen molar-refractivity contribution in [1.82, 2.24) is 4.31 Å². The van der Waals surface area contributed by atoms with Crippen LogP contribution in [-0.4, -0.2) is 25.8 Å². The van der Waals surface area contributed by atoms with Crippen LogP contribution in [0, 0.1) is 18.8 Å². The summed E-state index contributed by atoms with van der Waals surface area (Å²) in [4.78, 5) is 0.292. The number of hydrogen-bond acceptors (Lipinski definition) is 2. The molecule has 0 aromatic heterocycles. The molecular weight excluding hydrogens is 434 g/mol. The van der Waals surface area contributed by atoms with Crippen LogP contribution in [0.2, 0.25) is 0 Å². The molecule has 0 aliphatic heterocycles. The van der Waals surface area contributed by atoms with Crippen molar-refractivity contribution in [2.75, 3.05) is 13.1 Å². The maximum atomic E-state index is 13.1. The first-order valence-corrected chi connectivity index (χ1v) is 11.3. The van der Waals surface area contributed by atoms with Gasteiger partial charge in [0.05, 0.1) is 11.4 Å². The van der Waals surface area contributed by atoms with Gasteiger partial charge in [0.25, 0.3) is 0 Å². The number of benzene rings is 2. The van der Waals surface area contributed by atoms with Crippen molar-refractivity contribution in [3.05, 3.63) is 82.4 Å². The smallest absolute Gasteiger partial charge is 0.207 e. The Bertz CT molecular complexity index is 1050. The Hall–Kier alpha value is -2.13. The van der Waals surface area contributed by atoms with Gasteiger partial charge in [-0.15, -0.1) is 0 Å². The molecule has 0 atom stereocenters. The molecule has 0 heterocycles. The van der Waals surface area contributed by atoms with E-state index >= 15 is 0 Å². The molecule has 1 aliphatic carbocycles. The number of rotatable bonds is 6. The van der Waals surface area contributed by atoms with Crippen LogP contribution in [0.3, 0.4) is 0 Å². The molecule has 0 N–H and O–H groups in total. The lowest BCUT2D eigenvalue weighted by atomic mass is 10.1. The molecule has 0 unspecified atom stereocenters. The van der Waals surface area contributed by atoms with Crippen molar-refractivity contribution in [3.8, 4) is 11.8 Å². The van der Waals surface area contributed by atoms with Crippen LogP contribution < -0.4 is 0 Å². The average Bonchev–Trinajstić information content (AvgIpc) is 3.49. The van der Waals surface area contributed by atoms with Crippen LogP contribution in [0.4, 0.5) is 0 Å².